The van der Waals surface area contributed by atoms with E-state index >= 15 is 0 Å². The molecule has 0 aliphatic carbocycles. The Morgan fingerprint density at radius 2 is 2.25 bits per heavy atom. The fourth-order valence-electron chi connectivity index (χ4n) is 1.13. The molecular formula is C7H8N4O. The molecule has 12 heavy (non-hydrogen) atoms. The Bertz CT molecular complexity index is 409. The first-order chi connectivity index (χ1) is 5.81. The summed E-state index contributed by atoms with van der Waals surface area (Å²) >= 11 is 0. The first kappa shape index (κ1) is 6.90. The lowest BCUT2D eigenvalue weighted by Gasteiger charge is -1.99. The van der Waals surface area contributed by atoms with Gasteiger partial charge >= 0.3 is 0 Å². The second-order valence-electron chi connectivity index (χ2n) is 2.43. The minimum Gasteiger partial charge on any atom is -0.508 e. The van der Waals surface area contributed by atoms with E-state index < -0.39 is 0 Å². The zero-order chi connectivity index (χ0) is 8.55. The van der Waals surface area contributed by atoms with Gasteiger partial charge in [0.15, 0.2) is 0 Å². The van der Waals surface area contributed by atoms with Crippen molar-refractivity contribution in [2.45, 2.75) is 0 Å². The maximum atomic E-state index is 9.24. The molecular weight excluding hydrogens is 156 g/mol. The van der Waals surface area contributed by atoms with Crippen molar-refractivity contribution in [3.63, 3.8) is 0 Å². The summed E-state index contributed by atoms with van der Waals surface area (Å²) in [4.78, 5) is 0. The molecule has 1 aromatic heterocycles. The summed E-state index contributed by atoms with van der Waals surface area (Å²) in [5, 5.41) is 22.4. The van der Waals surface area contributed by atoms with Gasteiger partial charge in [0.25, 0.3) is 0 Å². The number of anilines is 1. The van der Waals surface area contributed by atoms with Crippen LogP contribution in [0.4, 0.5) is 5.69 Å². The molecule has 0 saturated carbocycles. The highest BCUT2D eigenvalue weighted by molar-refractivity contribution is 5.88. The zero-order valence-electron chi connectivity index (χ0n) is 6.50. The van der Waals surface area contributed by atoms with E-state index in [4.69, 9.17) is 0 Å². The quantitative estimate of drug-likeness (QED) is 0.580. The van der Waals surface area contributed by atoms with Gasteiger partial charge in [-0.15, -0.1) is 0 Å². The number of nitrogens with one attached hydrogen (secondary N) is 2. The molecule has 0 spiro atoms. The molecule has 0 aliphatic heterocycles. The van der Waals surface area contributed by atoms with Gasteiger partial charge in [-0.05, 0) is 0 Å². The van der Waals surface area contributed by atoms with Crippen LogP contribution >= 0.6 is 0 Å². The fourth-order valence-corrected chi connectivity index (χ4v) is 1.13. The van der Waals surface area contributed by atoms with Crippen LogP contribution in [0, 0.1) is 0 Å². The number of aromatic hydroxyl groups is 1. The topological polar surface area (TPSA) is 73.8 Å². The van der Waals surface area contributed by atoms with Gasteiger partial charge in [-0.2, -0.15) is 15.4 Å². The number of nitrogens with zero attached hydrogens (tertiary/aromatic N) is 2. The summed E-state index contributed by atoms with van der Waals surface area (Å²) in [6.45, 7) is 0. The van der Waals surface area contributed by atoms with Crippen molar-refractivity contribution in [3.8, 4) is 5.75 Å². The normalized spacial score (nSPS) is 10.4. The molecule has 3 N–H and O–H groups in total. The first-order valence-corrected chi connectivity index (χ1v) is 3.52. The second kappa shape index (κ2) is 2.37. The van der Waals surface area contributed by atoms with Crippen molar-refractivity contribution in [1.29, 1.82) is 0 Å². The average Bonchev–Trinajstić information content (AvgIpc) is 2.50. The fraction of sp³-hybridized carbons (Fsp3) is 0.143. The third kappa shape index (κ3) is 0.868. The van der Waals surface area contributed by atoms with Crippen LogP contribution in [0.1, 0.15) is 0 Å². The predicted octanol–water partition coefficient (Wildman–Crippen LogP) is 0.705. The third-order valence-corrected chi connectivity index (χ3v) is 1.68. The van der Waals surface area contributed by atoms with Crippen molar-refractivity contribution in [3.05, 3.63) is 12.1 Å². The Hall–Kier alpha value is -1.78. The van der Waals surface area contributed by atoms with E-state index in [-0.39, 0.29) is 5.75 Å². The van der Waals surface area contributed by atoms with Gasteiger partial charge in [0.1, 0.15) is 16.8 Å². The minimum absolute atomic E-state index is 0.181. The number of hydrogen-bond donors (Lipinski definition) is 3. The summed E-state index contributed by atoms with van der Waals surface area (Å²) in [7, 11) is 1.77. The van der Waals surface area contributed by atoms with E-state index in [0.717, 1.165) is 11.2 Å². The van der Waals surface area contributed by atoms with Crippen molar-refractivity contribution < 1.29 is 5.11 Å². The van der Waals surface area contributed by atoms with Gasteiger partial charge in [0.2, 0.25) is 0 Å². The van der Waals surface area contributed by atoms with Gasteiger partial charge in [-0.25, -0.2) is 0 Å². The number of rotatable bonds is 1. The molecule has 1 heterocycles. The smallest absolute Gasteiger partial charge is 0.136 e. The number of fused-ring (bicyclic) bond motifs is 1. The average molecular weight is 164 g/mol. The largest absolute Gasteiger partial charge is 0.508 e. The van der Waals surface area contributed by atoms with E-state index in [2.05, 4.69) is 20.7 Å². The number of aromatic nitrogens is 3. The molecule has 0 aliphatic rings. The standard InChI is InChI=1S/C7H8N4O/c1-8-5-2-4(12)3-6-7(5)10-11-9-6/h2-3,8,12H,1H3,(H,9,10,11). The number of hydrogen-bond acceptors (Lipinski definition) is 4. The Morgan fingerprint density at radius 1 is 1.42 bits per heavy atom. The summed E-state index contributed by atoms with van der Waals surface area (Å²) in [6, 6.07) is 3.16. The maximum absolute atomic E-state index is 9.24. The summed E-state index contributed by atoms with van der Waals surface area (Å²) in [5.74, 6) is 0.181. The summed E-state index contributed by atoms with van der Waals surface area (Å²) < 4.78 is 0. The number of H-pyrrole nitrogens is 1. The molecule has 0 atom stereocenters. The highest BCUT2D eigenvalue weighted by atomic mass is 16.3. The molecule has 2 aromatic rings. The third-order valence-electron chi connectivity index (χ3n) is 1.68. The van der Waals surface area contributed by atoms with Crippen molar-refractivity contribution in [2.75, 3.05) is 12.4 Å². The molecule has 62 valence electrons. The Morgan fingerprint density at radius 3 is 3.00 bits per heavy atom. The van der Waals surface area contributed by atoms with E-state index in [9.17, 15) is 5.11 Å². The highest BCUT2D eigenvalue weighted by Crippen LogP contribution is 2.24. The van der Waals surface area contributed by atoms with Crippen LogP contribution in [0.2, 0.25) is 0 Å². The lowest BCUT2D eigenvalue weighted by molar-refractivity contribution is 0.476. The van der Waals surface area contributed by atoms with Crippen LogP contribution in [0.15, 0.2) is 12.1 Å². The lowest BCUT2D eigenvalue weighted by atomic mass is 10.2. The van der Waals surface area contributed by atoms with Gasteiger partial charge in [0, 0.05) is 19.2 Å². The molecule has 0 unspecified atom stereocenters. The number of phenolic OH excluding ortho intramolecular Hbond substituents is 1. The second-order valence-corrected chi connectivity index (χ2v) is 2.43. The van der Waals surface area contributed by atoms with Gasteiger partial charge < -0.3 is 10.4 Å². The lowest BCUT2D eigenvalue weighted by Crippen LogP contribution is -1.88. The molecule has 1 aromatic carbocycles. The zero-order valence-corrected chi connectivity index (χ0v) is 6.50. The summed E-state index contributed by atoms with van der Waals surface area (Å²) in [6.07, 6.45) is 0. The van der Waals surface area contributed by atoms with Crippen LogP contribution in [0.25, 0.3) is 11.0 Å². The van der Waals surface area contributed by atoms with Crippen molar-refractivity contribution in [1.82, 2.24) is 15.4 Å². The van der Waals surface area contributed by atoms with E-state index in [1.54, 1.807) is 19.2 Å². The highest BCUT2D eigenvalue weighted by Gasteiger charge is 2.04. The molecule has 5 heteroatoms. The van der Waals surface area contributed by atoms with Gasteiger partial charge in [-0.1, -0.05) is 0 Å². The summed E-state index contributed by atoms with van der Waals surface area (Å²) in [5.41, 5.74) is 2.15. The van der Waals surface area contributed by atoms with E-state index in [1.807, 2.05) is 0 Å². The Balaban J connectivity index is 2.80. The predicted molar refractivity (Wildman–Crippen MR) is 45.1 cm³/mol. The minimum atomic E-state index is 0.181. The number of aromatic amines is 1. The van der Waals surface area contributed by atoms with Gasteiger partial charge in [0.05, 0.1) is 5.69 Å². The van der Waals surface area contributed by atoms with E-state index in [1.165, 1.54) is 0 Å². The van der Waals surface area contributed by atoms with Crippen LogP contribution in [-0.4, -0.2) is 27.6 Å². The number of phenols is 1. The van der Waals surface area contributed by atoms with Crippen molar-refractivity contribution >= 4 is 16.7 Å². The Labute approximate surface area is 68.4 Å². The van der Waals surface area contributed by atoms with Crippen molar-refractivity contribution in [2.24, 2.45) is 0 Å². The molecule has 0 saturated heterocycles. The molecule has 5 nitrogen and oxygen atoms in total. The van der Waals surface area contributed by atoms with Crippen LogP contribution in [0.3, 0.4) is 0 Å². The molecule has 2 rings (SSSR count). The van der Waals surface area contributed by atoms with Gasteiger partial charge in [-0.3, -0.25) is 0 Å². The molecule has 0 amide bonds. The molecule has 0 radical (unpaired) electrons. The maximum Gasteiger partial charge on any atom is 0.136 e. The molecule has 0 fully saturated rings. The van der Waals surface area contributed by atoms with Crippen LogP contribution in [0.5, 0.6) is 5.75 Å². The van der Waals surface area contributed by atoms with Crippen LogP contribution < -0.4 is 5.32 Å². The Kier molecular flexibility index (Phi) is 1.36. The monoisotopic (exact) mass is 164 g/mol. The van der Waals surface area contributed by atoms with Crippen LogP contribution in [-0.2, 0) is 0 Å². The van der Waals surface area contributed by atoms with E-state index in [0.29, 0.717) is 5.52 Å². The number of benzene rings is 1. The first-order valence-electron chi connectivity index (χ1n) is 3.52. The SMILES string of the molecule is CNc1cc(O)cc2n[nH]nc12. The molecule has 0 bridgehead atoms.